The molecule has 2 aromatic rings. The maximum atomic E-state index is 11.6. The van der Waals surface area contributed by atoms with E-state index in [1.807, 2.05) is 30.3 Å². The average molecular weight is 286 g/mol. The molecule has 0 radical (unpaired) electrons. The first-order chi connectivity index (χ1) is 10.2. The number of ether oxygens (including phenoxy) is 1. The first-order valence-corrected chi connectivity index (χ1v) is 7.10. The third-order valence-electron chi connectivity index (χ3n) is 4.04. The van der Waals surface area contributed by atoms with Crippen molar-refractivity contribution in [3.63, 3.8) is 0 Å². The van der Waals surface area contributed by atoms with Gasteiger partial charge in [0, 0.05) is 24.7 Å². The lowest BCUT2D eigenvalue weighted by Crippen LogP contribution is -2.44. The minimum atomic E-state index is -0.864. The second kappa shape index (κ2) is 5.69. The highest BCUT2D eigenvalue weighted by Gasteiger charge is 2.40. The Bertz CT molecular complexity index is 646. The minimum Gasteiger partial charge on any atom is -0.481 e. The Morgan fingerprint density at radius 1 is 1.38 bits per heavy atom. The van der Waals surface area contributed by atoms with Crippen LogP contribution < -0.4 is 5.32 Å². The van der Waals surface area contributed by atoms with Gasteiger partial charge in [0.25, 0.3) is 0 Å². The molecule has 5 heteroatoms. The third kappa shape index (κ3) is 2.69. The lowest BCUT2D eigenvalue weighted by molar-refractivity contribution is -0.155. The lowest BCUT2D eigenvalue weighted by atomic mass is 9.82. The number of benzene rings is 1. The molecular formula is C16H18N2O3. The van der Waals surface area contributed by atoms with Gasteiger partial charge in [0.2, 0.25) is 0 Å². The highest BCUT2D eigenvalue weighted by Crippen LogP contribution is 2.30. The molecule has 0 saturated carbocycles. The van der Waals surface area contributed by atoms with Gasteiger partial charge in [0.15, 0.2) is 0 Å². The second-order valence-electron chi connectivity index (χ2n) is 5.48. The van der Waals surface area contributed by atoms with Crippen molar-refractivity contribution in [3.8, 4) is 0 Å². The fraction of sp³-hybridized carbons (Fsp3) is 0.375. The SMILES string of the molecule is O=C(O)C1(CNc2nccc3ccccc23)CCCOC1. The Morgan fingerprint density at radius 3 is 3.00 bits per heavy atom. The number of hydrogen-bond acceptors (Lipinski definition) is 4. The Morgan fingerprint density at radius 2 is 2.24 bits per heavy atom. The molecule has 3 rings (SSSR count). The van der Waals surface area contributed by atoms with Crippen LogP contribution in [0, 0.1) is 5.41 Å². The van der Waals surface area contributed by atoms with E-state index in [0.29, 0.717) is 19.6 Å². The molecule has 5 nitrogen and oxygen atoms in total. The van der Waals surface area contributed by atoms with E-state index in [1.54, 1.807) is 6.20 Å². The Hall–Kier alpha value is -2.14. The summed E-state index contributed by atoms with van der Waals surface area (Å²) in [5.41, 5.74) is -0.864. The number of pyridine rings is 1. The molecule has 1 aromatic carbocycles. The number of anilines is 1. The van der Waals surface area contributed by atoms with E-state index in [2.05, 4.69) is 10.3 Å². The van der Waals surface area contributed by atoms with Gasteiger partial charge in [-0.15, -0.1) is 0 Å². The molecule has 1 aliphatic rings. The van der Waals surface area contributed by atoms with Crippen LogP contribution in [0.5, 0.6) is 0 Å². The van der Waals surface area contributed by atoms with Gasteiger partial charge in [-0.3, -0.25) is 4.79 Å². The normalized spacial score (nSPS) is 22.1. The standard InChI is InChI=1S/C16H18N2O3/c19-15(20)16(7-3-9-21-11-16)10-18-14-13-5-2-1-4-12(13)6-8-17-14/h1-2,4-6,8H,3,7,9-11H2,(H,17,18)(H,19,20). The molecule has 1 aliphatic heterocycles. The quantitative estimate of drug-likeness (QED) is 0.903. The van der Waals surface area contributed by atoms with E-state index in [0.717, 1.165) is 23.0 Å². The molecule has 1 saturated heterocycles. The smallest absolute Gasteiger partial charge is 0.313 e. The molecule has 0 bridgehead atoms. The van der Waals surface area contributed by atoms with Crippen LogP contribution in [0.25, 0.3) is 10.8 Å². The molecular weight excluding hydrogens is 268 g/mol. The molecule has 2 N–H and O–H groups in total. The van der Waals surface area contributed by atoms with E-state index in [9.17, 15) is 9.90 Å². The fourth-order valence-electron chi connectivity index (χ4n) is 2.75. The summed E-state index contributed by atoms with van der Waals surface area (Å²) in [6.07, 6.45) is 3.13. The zero-order chi connectivity index (χ0) is 14.7. The Balaban J connectivity index is 1.83. The second-order valence-corrected chi connectivity index (χ2v) is 5.48. The molecule has 2 heterocycles. The zero-order valence-electron chi connectivity index (χ0n) is 11.7. The number of aliphatic carboxylic acids is 1. The average Bonchev–Trinajstić information content (AvgIpc) is 2.53. The van der Waals surface area contributed by atoms with Crippen LogP contribution in [0.4, 0.5) is 5.82 Å². The molecule has 1 fully saturated rings. The van der Waals surface area contributed by atoms with Crippen molar-refractivity contribution in [3.05, 3.63) is 36.5 Å². The number of carbonyl (C=O) groups is 1. The molecule has 1 aromatic heterocycles. The monoisotopic (exact) mass is 286 g/mol. The molecule has 1 atom stereocenters. The number of rotatable bonds is 4. The summed E-state index contributed by atoms with van der Waals surface area (Å²) in [6.45, 7) is 1.21. The summed E-state index contributed by atoms with van der Waals surface area (Å²) in [4.78, 5) is 16.0. The number of hydrogen-bond donors (Lipinski definition) is 2. The molecule has 0 amide bonds. The van der Waals surface area contributed by atoms with Crippen LogP contribution in [0.3, 0.4) is 0 Å². The Kier molecular flexibility index (Phi) is 3.75. The molecule has 1 unspecified atom stereocenters. The van der Waals surface area contributed by atoms with Gasteiger partial charge in [0.05, 0.1) is 6.61 Å². The van der Waals surface area contributed by atoms with E-state index in [1.165, 1.54) is 0 Å². The lowest BCUT2D eigenvalue weighted by Gasteiger charge is -2.33. The summed E-state index contributed by atoms with van der Waals surface area (Å²) in [5, 5.41) is 14.8. The molecule has 110 valence electrons. The van der Waals surface area contributed by atoms with Crippen LogP contribution in [0.15, 0.2) is 36.5 Å². The van der Waals surface area contributed by atoms with Crippen molar-refractivity contribution in [2.75, 3.05) is 25.1 Å². The predicted octanol–water partition coefficient (Wildman–Crippen LogP) is 2.53. The predicted molar refractivity (Wildman–Crippen MR) is 80.4 cm³/mol. The van der Waals surface area contributed by atoms with E-state index >= 15 is 0 Å². The van der Waals surface area contributed by atoms with Crippen molar-refractivity contribution < 1.29 is 14.6 Å². The van der Waals surface area contributed by atoms with Gasteiger partial charge in [0.1, 0.15) is 11.2 Å². The van der Waals surface area contributed by atoms with Crippen LogP contribution in [-0.4, -0.2) is 35.8 Å². The topological polar surface area (TPSA) is 71.5 Å². The van der Waals surface area contributed by atoms with Crippen LogP contribution in [0.1, 0.15) is 12.8 Å². The van der Waals surface area contributed by atoms with E-state index in [4.69, 9.17) is 4.74 Å². The summed E-state index contributed by atoms with van der Waals surface area (Å²) in [5.74, 6) is -0.0887. The van der Waals surface area contributed by atoms with Gasteiger partial charge < -0.3 is 15.2 Å². The summed E-state index contributed by atoms with van der Waals surface area (Å²) in [7, 11) is 0. The largest absolute Gasteiger partial charge is 0.481 e. The summed E-state index contributed by atoms with van der Waals surface area (Å²) >= 11 is 0. The van der Waals surface area contributed by atoms with Gasteiger partial charge in [-0.1, -0.05) is 24.3 Å². The highest BCUT2D eigenvalue weighted by atomic mass is 16.5. The van der Waals surface area contributed by atoms with E-state index in [-0.39, 0.29) is 6.61 Å². The molecule has 0 aliphatic carbocycles. The maximum absolute atomic E-state index is 11.6. The number of carboxylic acid groups (broad SMARTS) is 1. The number of nitrogens with one attached hydrogen (secondary N) is 1. The molecule has 21 heavy (non-hydrogen) atoms. The van der Waals surface area contributed by atoms with Crippen LogP contribution >= 0.6 is 0 Å². The number of carboxylic acids is 1. The van der Waals surface area contributed by atoms with Crippen LogP contribution in [-0.2, 0) is 9.53 Å². The Labute approximate surface area is 123 Å². The fourth-order valence-corrected chi connectivity index (χ4v) is 2.75. The zero-order valence-corrected chi connectivity index (χ0v) is 11.7. The molecule has 0 spiro atoms. The van der Waals surface area contributed by atoms with Crippen LogP contribution in [0.2, 0.25) is 0 Å². The van der Waals surface area contributed by atoms with Crippen molar-refractivity contribution in [2.45, 2.75) is 12.8 Å². The van der Waals surface area contributed by atoms with Gasteiger partial charge in [-0.2, -0.15) is 0 Å². The number of aromatic nitrogens is 1. The first kappa shape index (κ1) is 13.8. The minimum absolute atomic E-state index is 0.250. The van der Waals surface area contributed by atoms with Crippen molar-refractivity contribution >= 4 is 22.6 Å². The van der Waals surface area contributed by atoms with Crippen molar-refractivity contribution in [2.24, 2.45) is 5.41 Å². The van der Waals surface area contributed by atoms with E-state index < -0.39 is 11.4 Å². The maximum Gasteiger partial charge on any atom is 0.313 e. The third-order valence-corrected chi connectivity index (χ3v) is 4.04. The highest BCUT2D eigenvalue weighted by molar-refractivity contribution is 5.91. The van der Waals surface area contributed by atoms with Crippen molar-refractivity contribution in [1.29, 1.82) is 0 Å². The summed E-state index contributed by atoms with van der Waals surface area (Å²) < 4.78 is 5.38. The first-order valence-electron chi connectivity index (χ1n) is 7.10. The van der Waals surface area contributed by atoms with Gasteiger partial charge in [-0.05, 0) is 24.3 Å². The van der Waals surface area contributed by atoms with Crippen molar-refractivity contribution in [1.82, 2.24) is 4.98 Å². The summed E-state index contributed by atoms with van der Waals surface area (Å²) in [6, 6.07) is 9.86. The van der Waals surface area contributed by atoms with Gasteiger partial charge in [-0.25, -0.2) is 4.98 Å². The number of nitrogens with zero attached hydrogens (tertiary/aromatic N) is 1. The van der Waals surface area contributed by atoms with Gasteiger partial charge >= 0.3 is 5.97 Å². The number of fused-ring (bicyclic) bond motifs is 1.